The van der Waals surface area contributed by atoms with Gasteiger partial charge in [-0.2, -0.15) is 0 Å². The van der Waals surface area contributed by atoms with Gasteiger partial charge >= 0.3 is 0 Å². The van der Waals surface area contributed by atoms with Crippen LogP contribution in [0.3, 0.4) is 0 Å². The van der Waals surface area contributed by atoms with Gasteiger partial charge in [0.25, 0.3) is 0 Å². The second kappa shape index (κ2) is 6.08. The molecule has 0 amide bonds. The Balaban J connectivity index is 1.78. The van der Waals surface area contributed by atoms with Crippen LogP contribution in [0.15, 0.2) is 18.2 Å². The van der Waals surface area contributed by atoms with Gasteiger partial charge in [0.15, 0.2) is 0 Å². The smallest absolute Gasteiger partial charge is 0.0468 e. The van der Waals surface area contributed by atoms with Crippen molar-refractivity contribution in [1.82, 2.24) is 5.32 Å². The van der Waals surface area contributed by atoms with Crippen LogP contribution < -0.4 is 5.32 Å². The Bertz CT molecular complexity index is 374. The fourth-order valence-electron chi connectivity index (χ4n) is 2.08. The summed E-state index contributed by atoms with van der Waals surface area (Å²) in [5.74, 6) is 1.02. The lowest BCUT2D eigenvalue weighted by Crippen LogP contribution is -2.20. The molecule has 17 heavy (non-hydrogen) atoms. The Kier molecular flexibility index (Phi) is 4.72. The largest absolute Gasteiger partial charge is 0.310 e. The molecule has 2 rings (SSSR count). The lowest BCUT2D eigenvalue weighted by atomic mass is 10.1. The van der Waals surface area contributed by atoms with Crippen LogP contribution in [-0.2, 0) is 0 Å². The molecule has 3 heteroatoms. The minimum absolute atomic E-state index is 0.291. The average Bonchev–Trinajstić information content (AvgIpc) is 3.08. The van der Waals surface area contributed by atoms with E-state index >= 15 is 0 Å². The van der Waals surface area contributed by atoms with Gasteiger partial charge in [0, 0.05) is 16.1 Å². The summed E-state index contributed by atoms with van der Waals surface area (Å²) in [7, 11) is 0. The molecule has 1 fully saturated rings. The van der Waals surface area contributed by atoms with E-state index in [9.17, 15) is 0 Å². The fourth-order valence-corrected chi connectivity index (χ4v) is 2.65. The van der Waals surface area contributed by atoms with Gasteiger partial charge < -0.3 is 5.32 Å². The van der Waals surface area contributed by atoms with Crippen LogP contribution in [0, 0.1) is 5.92 Å². The molecule has 94 valence electrons. The SMILES string of the molecule is CC(NCCCC1CC1)c1ccc(Cl)cc1Cl. The minimum Gasteiger partial charge on any atom is -0.310 e. The fraction of sp³-hybridized carbons (Fsp3) is 0.571. The first-order valence-electron chi connectivity index (χ1n) is 6.35. The monoisotopic (exact) mass is 271 g/mol. The zero-order chi connectivity index (χ0) is 12.3. The molecular weight excluding hydrogens is 253 g/mol. The molecule has 1 aliphatic rings. The molecule has 0 aromatic heterocycles. The van der Waals surface area contributed by atoms with E-state index in [0.717, 1.165) is 23.0 Å². The van der Waals surface area contributed by atoms with Gasteiger partial charge in [-0.05, 0) is 49.9 Å². The summed E-state index contributed by atoms with van der Waals surface area (Å²) in [5.41, 5.74) is 1.13. The Morgan fingerprint density at radius 2 is 2.12 bits per heavy atom. The molecule has 0 aliphatic heterocycles. The molecule has 1 nitrogen and oxygen atoms in total. The van der Waals surface area contributed by atoms with E-state index in [0.29, 0.717) is 11.1 Å². The van der Waals surface area contributed by atoms with Gasteiger partial charge in [0.05, 0.1) is 0 Å². The quantitative estimate of drug-likeness (QED) is 0.731. The first-order valence-corrected chi connectivity index (χ1v) is 7.10. The van der Waals surface area contributed by atoms with Crippen LogP contribution in [0.1, 0.15) is 44.2 Å². The molecule has 0 bridgehead atoms. The van der Waals surface area contributed by atoms with Crippen molar-refractivity contribution in [2.24, 2.45) is 5.92 Å². The molecule has 0 radical (unpaired) electrons. The molecule has 0 heterocycles. The van der Waals surface area contributed by atoms with Crippen LogP contribution in [0.5, 0.6) is 0 Å². The van der Waals surface area contributed by atoms with E-state index in [1.165, 1.54) is 25.7 Å². The highest BCUT2D eigenvalue weighted by atomic mass is 35.5. The zero-order valence-corrected chi connectivity index (χ0v) is 11.7. The van der Waals surface area contributed by atoms with Crippen LogP contribution in [-0.4, -0.2) is 6.54 Å². The maximum absolute atomic E-state index is 6.17. The molecule has 1 aromatic rings. The van der Waals surface area contributed by atoms with Crippen molar-refractivity contribution >= 4 is 23.2 Å². The highest BCUT2D eigenvalue weighted by Crippen LogP contribution is 2.33. The van der Waals surface area contributed by atoms with Crippen molar-refractivity contribution < 1.29 is 0 Å². The molecule has 0 spiro atoms. The summed E-state index contributed by atoms with van der Waals surface area (Å²) in [4.78, 5) is 0. The summed E-state index contributed by atoms with van der Waals surface area (Å²) < 4.78 is 0. The summed E-state index contributed by atoms with van der Waals surface area (Å²) in [6.45, 7) is 3.21. The summed E-state index contributed by atoms with van der Waals surface area (Å²) in [5, 5.41) is 4.96. The van der Waals surface area contributed by atoms with E-state index in [1.54, 1.807) is 6.07 Å². The number of nitrogens with one attached hydrogen (secondary N) is 1. The van der Waals surface area contributed by atoms with Crippen molar-refractivity contribution in [3.8, 4) is 0 Å². The first kappa shape index (κ1) is 13.2. The molecule has 1 aromatic carbocycles. The van der Waals surface area contributed by atoms with Crippen molar-refractivity contribution in [2.75, 3.05) is 6.54 Å². The predicted molar refractivity (Wildman–Crippen MR) is 74.8 cm³/mol. The number of halogens is 2. The van der Waals surface area contributed by atoms with E-state index < -0.39 is 0 Å². The molecular formula is C14H19Cl2N. The van der Waals surface area contributed by atoms with Gasteiger partial charge in [-0.3, -0.25) is 0 Å². The highest BCUT2D eigenvalue weighted by molar-refractivity contribution is 6.35. The van der Waals surface area contributed by atoms with Crippen LogP contribution in [0.4, 0.5) is 0 Å². The molecule has 1 aliphatic carbocycles. The first-order chi connectivity index (χ1) is 8.16. The Labute approximate surface area is 114 Å². The number of hydrogen-bond donors (Lipinski definition) is 1. The van der Waals surface area contributed by atoms with Crippen molar-refractivity contribution in [1.29, 1.82) is 0 Å². The van der Waals surface area contributed by atoms with E-state index in [2.05, 4.69) is 12.2 Å². The highest BCUT2D eigenvalue weighted by Gasteiger charge is 2.20. The van der Waals surface area contributed by atoms with Crippen molar-refractivity contribution in [3.05, 3.63) is 33.8 Å². The normalized spacial score (nSPS) is 17.1. The minimum atomic E-state index is 0.291. The molecule has 1 saturated carbocycles. The number of hydrogen-bond acceptors (Lipinski definition) is 1. The van der Waals surface area contributed by atoms with E-state index in [-0.39, 0.29) is 0 Å². The lowest BCUT2D eigenvalue weighted by Gasteiger charge is -2.15. The standard InChI is InChI=1S/C14H19Cl2N/c1-10(17-8-2-3-11-4-5-11)13-7-6-12(15)9-14(13)16/h6-7,9-11,17H,2-5,8H2,1H3. The number of benzene rings is 1. The summed E-state index contributed by atoms with van der Waals surface area (Å²) in [6.07, 6.45) is 5.52. The summed E-state index contributed by atoms with van der Waals surface area (Å²) in [6, 6.07) is 5.99. The third-order valence-corrected chi connectivity index (χ3v) is 3.93. The maximum Gasteiger partial charge on any atom is 0.0468 e. The van der Waals surface area contributed by atoms with E-state index in [1.807, 2.05) is 12.1 Å². The average molecular weight is 272 g/mol. The molecule has 0 saturated heterocycles. The maximum atomic E-state index is 6.17. The van der Waals surface area contributed by atoms with Crippen LogP contribution in [0.25, 0.3) is 0 Å². The van der Waals surface area contributed by atoms with Gasteiger partial charge in [-0.15, -0.1) is 0 Å². The van der Waals surface area contributed by atoms with Crippen LogP contribution in [0.2, 0.25) is 10.0 Å². The van der Waals surface area contributed by atoms with Gasteiger partial charge in [-0.25, -0.2) is 0 Å². The Morgan fingerprint density at radius 3 is 2.76 bits per heavy atom. The zero-order valence-electron chi connectivity index (χ0n) is 10.2. The summed E-state index contributed by atoms with van der Waals surface area (Å²) >= 11 is 12.1. The topological polar surface area (TPSA) is 12.0 Å². The van der Waals surface area contributed by atoms with Crippen molar-refractivity contribution in [2.45, 2.75) is 38.6 Å². The predicted octanol–water partition coefficient (Wildman–Crippen LogP) is 4.83. The second-order valence-corrected chi connectivity index (χ2v) is 5.77. The molecule has 1 atom stereocenters. The van der Waals surface area contributed by atoms with Crippen LogP contribution >= 0.6 is 23.2 Å². The third kappa shape index (κ3) is 4.17. The third-order valence-electron chi connectivity index (χ3n) is 3.37. The van der Waals surface area contributed by atoms with Crippen molar-refractivity contribution in [3.63, 3.8) is 0 Å². The second-order valence-electron chi connectivity index (χ2n) is 4.93. The molecule has 1 unspecified atom stereocenters. The lowest BCUT2D eigenvalue weighted by molar-refractivity contribution is 0.533. The van der Waals surface area contributed by atoms with Gasteiger partial charge in [0.2, 0.25) is 0 Å². The number of rotatable bonds is 6. The Morgan fingerprint density at radius 1 is 1.35 bits per heavy atom. The van der Waals surface area contributed by atoms with Gasteiger partial charge in [0.1, 0.15) is 0 Å². The Hall–Kier alpha value is -0.240. The van der Waals surface area contributed by atoms with Gasteiger partial charge in [-0.1, -0.05) is 42.1 Å². The molecule has 1 N–H and O–H groups in total. The van der Waals surface area contributed by atoms with E-state index in [4.69, 9.17) is 23.2 Å².